The molecule has 0 spiro atoms. The van der Waals surface area contributed by atoms with E-state index in [1.165, 1.54) is 0 Å². The first kappa shape index (κ1) is 12.9. The van der Waals surface area contributed by atoms with Gasteiger partial charge in [0.05, 0.1) is 17.1 Å². The maximum Gasteiger partial charge on any atom is 0.373 e. The number of carbonyl (C=O) groups excluding carboxylic acids is 1. The van der Waals surface area contributed by atoms with Crippen LogP contribution in [-0.4, -0.2) is 33.8 Å². The number of carboxylic acids is 1. The molecule has 18 heavy (non-hydrogen) atoms. The molecular weight excluding hydrogens is 252 g/mol. The van der Waals surface area contributed by atoms with Crippen LogP contribution >= 0.6 is 11.8 Å². The molecule has 0 saturated heterocycles. The van der Waals surface area contributed by atoms with E-state index in [0.29, 0.717) is 0 Å². The molecule has 0 aliphatic heterocycles. The molecule has 0 amide bonds. The van der Waals surface area contributed by atoms with Crippen LogP contribution in [0.15, 0.2) is 30.3 Å². The summed E-state index contributed by atoms with van der Waals surface area (Å²) in [4.78, 5) is 21.5. The van der Waals surface area contributed by atoms with Gasteiger partial charge in [-0.25, -0.2) is 4.79 Å². The second-order valence-electron chi connectivity index (χ2n) is 3.94. The number of rotatable bonds is 4. The number of carbonyl (C=O) groups is 2. The number of aliphatic carboxylic acids is 1. The van der Waals surface area contributed by atoms with Crippen molar-refractivity contribution < 1.29 is 19.8 Å². The van der Waals surface area contributed by atoms with Crippen molar-refractivity contribution in [1.29, 1.82) is 0 Å². The van der Waals surface area contributed by atoms with Gasteiger partial charge in [-0.05, 0) is 11.1 Å². The summed E-state index contributed by atoms with van der Waals surface area (Å²) >= 11 is 1.15. The molecule has 0 fully saturated rings. The van der Waals surface area contributed by atoms with Crippen molar-refractivity contribution in [1.82, 2.24) is 0 Å². The third-order valence-corrected chi connectivity index (χ3v) is 4.04. The maximum absolute atomic E-state index is 11.1. The van der Waals surface area contributed by atoms with Gasteiger partial charge in [-0.15, -0.1) is 11.8 Å². The summed E-state index contributed by atoms with van der Waals surface area (Å²) in [5, 5.41) is 18.1. The zero-order valence-electron chi connectivity index (χ0n) is 9.45. The first-order valence-corrected chi connectivity index (χ1v) is 6.47. The van der Waals surface area contributed by atoms with Crippen molar-refractivity contribution in [3.05, 3.63) is 41.5 Å². The lowest BCUT2D eigenvalue weighted by molar-refractivity contribution is -0.147. The molecule has 1 aliphatic carbocycles. The van der Waals surface area contributed by atoms with Crippen LogP contribution in [0.5, 0.6) is 0 Å². The molecule has 5 heteroatoms. The molecule has 0 aromatic heterocycles. The number of carboxylic acid groups (broad SMARTS) is 1. The highest BCUT2D eigenvalue weighted by Gasteiger charge is 2.26. The summed E-state index contributed by atoms with van der Waals surface area (Å²) in [6.45, 7) is 0. The molecule has 2 atom stereocenters. The molecule has 94 valence electrons. The largest absolute Gasteiger partial charge is 0.475 e. The highest BCUT2D eigenvalue weighted by molar-refractivity contribution is 8.00. The molecule has 1 aromatic rings. The number of ketones is 1. The van der Waals surface area contributed by atoms with Crippen LogP contribution in [-0.2, 0) is 9.59 Å². The standard InChI is InChI=1S/C13H12O4S/c14-10-6-5-8-3-1-2-4-9(8)12(10)18-7-11(15)13(16)17/h1-6,10,12,14H,7H2,(H,16,17). The van der Waals surface area contributed by atoms with E-state index in [0.717, 1.165) is 22.9 Å². The van der Waals surface area contributed by atoms with Crippen LogP contribution in [0.3, 0.4) is 0 Å². The van der Waals surface area contributed by atoms with E-state index in [4.69, 9.17) is 5.11 Å². The summed E-state index contributed by atoms with van der Waals surface area (Å²) in [6, 6.07) is 7.55. The smallest absolute Gasteiger partial charge is 0.373 e. The fraction of sp³-hybridized carbons (Fsp3) is 0.231. The fourth-order valence-electron chi connectivity index (χ4n) is 1.82. The van der Waals surface area contributed by atoms with Gasteiger partial charge in [0.2, 0.25) is 5.78 Å². The van der Waals surface area contributed by atoms with Crippen LogP contribution in [0.4, 0.5) is 0 Å². The van der Waals surface area contributed by atoms with Crippen molar-refractivity contribution in [3.8, 4) is 0 Å². The van der Waals surface area contributed by atoms with E-state index >= 15 is 0 Å². The summed E-state index contributed by atoms with van der Waals surface area (Å²) < 4.78 is 0. The van der Waals surface area contributed by atoms with Gasteiger partial charge in [-0.1, -0.05) is 36.4 Å². The Balaban J connectivity index is 2.15. The molecular formula is C13H12O4S. The third-order valence-electron chi connectivity index (χ3n) is 2.72. The Morgan fingerprint density at radius 3 is 2.72 bits per heavy atom. The average molecular weight is 264 g/mol. The molecule has 1 aliphatic rings. The fourth-order valence-corrected chi connectivity index (χ4v) is 2.96. The van der Waals surface area contributed by atoms with E-state index in [-0.39, 0.29) is 11.0 Å². The molecule has 2 rings (SSSR count). The predicted molar refractivity (Wildman–Crippen MR) is 69.3 cm³/mol. The third kappa shape index (κ3) is 2.63. The molecule has 0 saturated carbocycles. The van der Waals surface area contributed by atoms with Crippen LogP contribution in [0, 0.1) is 0 Å². The SMILES string of the molecule is O=C(O)C(=O)CSC1c2ccccc2C=CC1O. The summed E-state index contributed by atoms with van der Waals surface area (Å²) in [6.07, 6.45) is 2.79. The van der Waals surface area contributed by atoms with Crippen LogP contribution in [0.1, 0.15) is 16.4 Å². The number of thioether (sulfide) groups is 1. The Kier molecular flexibility index (Phi) is 3.84. The van der Waals surface area contributed by atoms with E-state index in [1.54, 1.807) is 6.08 Å². The summed E-state index contributed by atoms with van der Waals surface area (Å²) in [5.41, 5.74) is 1.92. The number of benzene rings is 1. The number of aliphatic hydroxyl groups excluding tert-OH is 1. The van der Waals surface area contributed by atoms with Gasteiger partial charge >= 0.3 is 5.97 Å². The lowest BCUT2D eigenvalue weighted by Gasteiger charge is -2.25. The average Bonchev–Trinajstić information content (AvgIpc) is 2.37. The highest BCUT2D eigenvalue weighted by Crippen LogP contribution is 2.38. The van der Waals surface area contributed by atoms with E-state index in [1.807, 2.05) is 30.3 Å². The number of hydrogen-bond acceptors (Lipinski definition) is 4. The lowest BCUT2D eigenvalue weighted by atomic mass is 9.95. The molecule has 2 N–H and O–H groups in total. The van der Waals surface area contributed by atoms with E-state index < -0.39 is 17.9 Å². The van der Waals surface area contributed by atoms with E-state index in [2.05, 4.69) is 0 Å². The summed E-state index contributed by atoms with van der Waals surface area (Å²) in [5.74, 6) is -2.42. The van der Waals surface area contributed by atoms with Crippen molar-refractivity contribution in [2.24, 2.45) is 0 Å². The monoisotopic (exact) mass is 264 g/mol. The number of aliphatic hydroxyl groups is 1. The molecule has 2 unspecified atom stereocenters. The quantitative estimate of drug-likeness (QED) is 0.806. The molecule has 0 heterocycles. The molecule has 0 bridgehead atoms. The first-order chi connectivity index (χ1) is 8.59. The normalized spacial score (nSPS) is 21.4. The van der Waals surface area contributed by atoms with E-state index in [9.17, 15) is 14.7 Å². The first-order valence-electron chi connectivity index (χ1n) is 5.42. The second-order valence-corrected chi connectivity index (χ2v) is 5.07. The van der Waals surface area contributed by atoms with Crippen LogP contribution in [0.2, 0.25) is 0 Å². The van der Waals surface area contributed by atoms with Gasteiger partial charge in [0.15, 0.2) is 0 Å². The highest BCUT2D eigenvalue weighted by atomic mass is 32.2. The topological polar surface area (TPSA) is 74.6 Å². The second kappa shape index (κ2) is 5.37. The lowest BCUT2D eigenvalue weighted by Crippen LogP contribution is -2.21. The number of Topliss-reactive ketones (excluding diaryl/α,β-unsaturated/α-hetero) is 1. The van der Waals surface area contributed by atoms with Gasteiger partial charge in [0, 0.05) is 0 Å². The van der Waals surface area contributed by atoms with Gasteiger partial charge in [-0.3, -0.25) is 4.79 Å². The zero-order valence-corrected chi connectivity index (χ0v) is 10.3. The Hall–Kier alpha value is -1.59. The van der Waals surface area contributed by atoms with Crippen molar-refractivity contribution in [2.45, 2.75) is 11.4 Å². The maximum atomic E-state index is 11.1. The Labute approximate surface area is 108 Å². The number of fused-ring (bicyclic) bond motifs is 1. The predicted octanol–water partition coefficient (Wildman–Crippen LogP) is 1.50. The van der Waals surface area contributed by atoms with Crippen molar-refractivity contribution in [2.75, 3.05) is 5.75 Å². The minimum atomic E-state index is -1.43. The minimum Gasteiger partial charge on any atom is -0.475 e. The van der Waals surface area contributed by atoms with Crippen molar-refractivity contribution in [3.63, 3.8) is 0 Å². The van der Waals surface area contributed by atoms with Gasteiger partial charge in [-0.2, -0.15) is 0 Å². The zero-order chi connectivity index (χ0) is 13.1. The summed E-state index contributed by atoms with van der Waals surface area (Å²) in [7, 11) is 0. The minimum absolute atomic E-state index is 0.140. The Morgan fingerprint density at radius 1 is 1.28 bits per heavy atom. The molecule has 4 nitrogen and oxygen atoms in total. The Bertz CT molecular complexity index is 509. The van der Waals surface area contributed by atoms with Crippen molar-refractivity contribution >= 4 is 29.6 Å². The van der Waals surface area contributed by atoms with Gasteiger partial charge < -0.3 is 10.2 Å². The van der Waals surface area contributed by atoms with Gasteiger partial charge in [0.1, 0.15) is 0 Å². The number of hydrogen-bond donors (Lipinski definition) is 2. The molecule has 0 radical (unpaired) electrons. The Morgan fingerprint density at radius 2 is 2.00 bits per heavy atom. The van der Waals surface area contributed by atoms with Crippen LogP contribution < -0.4 is 0 Å². The van der Waals surface area contributed by atoms with Gasteiger partial charge in [0.25, 0.3) is 0 Å². The van der Waals surface area contributed by atoms with Crippen LogP contribution in [0.25, 0.3) is 6.08 Å². The molecule has 1 aromatic carbocycles.